The molecule has 0 saturated heterocycles. The number of ether oxygens (including phenoxy) is 1. The highest BCUT2D eigenvalue weighted by Gasteiger charge is 2.21. The Kier molecular flexibility index (Phi) is 4.94. The smallest absolute Gasteiger partial charge is 0.264 e. The second kappa shape index (κ2) is 7.56. The molecule has 4 rings (SSSR count). The molecule has 0 amide bonds. The van der Waals surface area contributed by atoms with E-state index in [0.717, 1.165) is 0 Å². The van der Waals surface area contributed by atoms with Gasteiger partial charge in [0, 0.05) is 11.1 Å². The predicted octanol–water partition coefficient (Wildman–Crippen LogP) is 5.06. The molecule has 2 heterocycles. The first-order chi connectivity index (χ1) is 14.0. The summed E-state index contributed by atoms with van der Waals surface area (Å²) in [6, 6.07) is 17.1. The van der Waals surface area contributed by atoms with Gasteiger partial charge < -0.3 is 4.74 Å². The van der Waals surface area contributed by atoms with Crippen LogP contribution in [0.4, 0.5) is 8.78 Å². The lowest BCUT2D eigenvalue weighted by Gasteiger charge is -2.16. The standard InChI is InChI=1S/C21H15F2N3O2S/c1-28-16-10-6-5-9-15(16)26-19-17(20(27)25-21(26)29)13(18(22)23)11-14(24-19)12-7-3-2-4-8-12/h2-11,18H,1H3,(H,25,27,29). The van der Waals surface area contributed by atoms with Crippen LogP contribution >= 0.6 is 12.2 Å². The van der Waals surface area contributed by atoms with Gasteiger partial charge in [-0.1, -0.05) is 42.5 Å². The van der Waals surface area contributed by atoms with Gasteiger partial charge in [-0.15, -0.1) is 0 Å². The average molecular weight is 411 g/mol. The van der Waals surface area contributed by atoms with Crippen LogP contribution in [0.1, 0.15) is 12.0 Å². The van der Waals surface area contributed by atoms with Crippen molar-refractivity contribution in [1.82, 2.24) is 14.5 Å². The van der Waals surface area contributed by atoms with E-state index in [9.17, 15) is 13.6 Å². The number of pyridine rings is 1. The van der Waals surface area contributed by atoms with Gasteiger partial charge in [-0.25, -0.2) is 13.8 Å². The molecule has 0 aliphatic rings. The van der Waals surface area contributed by atoms with Gasteiger partial charge in [0.1, 0.15) is 5.75 Å². The largest absolute Gasteiger partial charge is 0.495 e. The third-order valence-corrected chi connectivity index (χ3v) is 4.81. The molecule has 0 aliphatic heterocycles. The summed E-state index contributed by atoms with van der Waals surface area (Å²) in [6.45, 7) is 0. The first kappa shape index (κ1) is 18.9. The van der Waals surface area contributed by atoms with Crippen molar-refractivity contribution in [3.63, 3.8) is 0 Å². The Hall–Kier alpha value is -3.39. The highest BCUT2D eigenvalue weighted by atomic mass is 32.1. The number of nitrogens with one attached hydrogen (secondary N) is 1. The molecular weight excluding hydrogens is 396 g/mol. The molecular formula is C21H15F2N3O2S. The fourth-order valence-corrected chi connectivity index (χ4v) is 3.50. The number of methoxy groups -OCH3 is 1. The van der Waals surface area contributed by atoms with Crippen molar-refractivity contribution in [3.8, 4) is 22.7 Å². The van der Waals surface area contributed by atoms with E-state index in [1.165, 1.54) is 17.7 Å². The van der Waals surface area contributed by atoms with Crippen molar-refractivity contribution in [2.45, 2.75) is 6.43 Å². The Bertz CT molecular complexity index is 1320. The van der Waals surface area contributed by atoms with Crippen molar-refractivity contribution in [2.24, 2.45) is 0 Å². The molecule has 1 N–H and O–H groups in total. The summed E-state index contributed by atoms with van der Waals surface area (Å²) < 4.78 is 34.7. The maximum absolute atomic E-state index is 13.9. The minimum Gasteiger partial charge on any atom is -0.495 e. The summed E-state index contributed by atoms with van der Waals surface area (Å²) in [5, 5.41) is -0.209. The lowest BCUT2D eigenvalue weighted by Crippen LogP contribution is -2.17. The lowest BCUT2D eigenvalue weighted by atomic mass is 10.1. The SMILES string of the molecule is COc1ccccc1-n1c(=S)[nH]c(=O)c2c(C(F)F)cc(-c3ccccc3)nc21. The molecule has 0 bridgehead atoms. The number of fused-ring (bicyclic) bond motifs is 1. The summed E-state index contributed by atoms with van der Waals surface area (Å²) in [6.07, 6.45) is -2.87. The lowest BCUT2D eigenvalue weighted by molar-refractivity contribution is 0.153. The Labute approximate surface area is 169 Å². The van der Waals surface area contributed by atoms with Crippen molar-refractivity contribution in [2.75, 3.05) is 7.11 Å². The second-order valence-electron chi connectivity index (χ2n) is 6.23. The molecule has 0 radical (unpaired) electrons. The van der Waals surface area contributed by atoms with Gasteiger partial charge in [0.05, 0.1) is 23.9 Å². The minimum atomic E-state index is -2.87. The number of alkyl halides is 2. The zero-order chi connectivity index (χ0) is 20.5. The first-order valence-electron chi connectivity index (χ1n) is 8.68. The highest BCUT2D eigenvalue weighted by Crippen LogP contribution is 2.32. The second-order valence-corrected chi connectivity index (χ2v) is 6.62. The fourth-order valence-electron chi connectivity index (χ4n) is 3.22. The van der Waals surface area contributed by atoms with Crippen LogP contribution in [0.5, 0.6) is 5.75 Å². The Morgan fingerprint density at radius 3 is 2.48 bits per heavy atom. The van der Waals surface area contributed by atoms with E-state index >= 15 is 0 Å². The molecule has 0 aliphatic carbocycles. The summed E-state index contributed by atoms with van der Waals surface area (Å²) in [5.74, 6) is 0.461. The van der Waals surface area contributed by atoms with Gasteiger partial charge in [-0.3, -0.25) is 14.3 Å². The highest BCUT2D eigenvalue weighted by molar-refractivity contribution is 7.71. The predicted molar refractivity (Wildman–Crippen MR) is 109 cm³/mol. The number of H-pyrrole nitrogens is 1. The number of aromatic amines is 1. The maximum atomic E-state index is 13.9. The van der Waals surface area contributed by atoms with Crippen LogP contribution in [0.25, 0.3) is 28.0 Å². The van der Waals surface area contributed by atoms with E-state index in [1.54, 1.807) is 48.5 Å². The van der Waals surface area contributed by atoms with Crippen molar-refractivity contribution in [3.05, 3.63) is 81.4 Å². The number of aromatic nitrogens is 3. The summed E-state index contributed by atoms with van der Waals surface area (Å²) in [4.78, 5) is 19.6. The third-order valence-electron chi connectivity index (χ3n) is 4.52. The van der Waals surface area contributed by atoms with Crippen LogP contribution in [0.15, 0.2) is 65.5 Å². The van der Waals surface area contributed by atoms with Crippen LogP contribution in [-0.4, -0.2) is 21.6 Å². The van der Waals surface area contributed by atoms with Crippen molar-refractivity contribution >= 4 is 23.3 Å². The first-order valence-corrected chi connectivity index (χ1v) is 9.09. The van der Waals surface area contributed by atoms with E-state index in [2.05, 4.69) is 9.97 Å². The fraction of sp³-hybridized carbons (Fsp3) is 0.0952. The molecule has 8 heteroatoms. The number of hydrogen-bond donors (Lipinski definition) is 1. The van der Waals surface area contributed by atoms with Gasteiger partial charge >= 0.3 is 0 Å². The topological polar surface area (TPSA) is 59.9 Å². The zero-order valence-electron chi connectivity index (χ0n) is 15.2. The molecule has 4 aromatic rings. The van der Waals surface area contributed by atoms with E-state index in [1.807, 2.05) is 6.07 Å². The summed E-state index contributed by atoms with van der Waals surface area (Å²) >= 11 is 5.35. The van der Waals surface area contributed by atoms with Crippen LogP contribution in [-0.2, 0) is 0 Å². The van der Waals surface area contributed by atoms with Crippen LogP contribution in [0, 0.1) is 4.77 Å². The molecule has 0 spiro atoms. The van der Waals surface area contributed by atoms with E-state index < -0.39 is 17.5 Å². The Morgan fingerprint density at radius 2 is 1.79 bits per heavy atom. The van der Waals surface area contributed by atoms with E-state index in [0.29, 0.717) is 22.7 Å². The molecule has 0 saturated carbocycles. The van der Waals surface area contributed by atoms with Crippen LogP contribution < -0.4 is 10.3 Å². The Balaban J connectivity index is 2.19. The number of rotatable bonds is 4. The van der Waals surface area contributed by atoms with E-state index in [-0.39, 0.29) is 15.8 Å². The minimum absolute atomic E-state index is 0.0323. The molecule has 146 valence electrons. The van der Waals surface area contributed by atoms with Gasteiger partial charge in [-0.05, 0) is 30.4 Å². The molecule has 2 aromatic carbocycles. The molecule has 0 unspecified atom stereocenters. The molecule has 5 nitrogen and oxygen atoms in total. The summed E-state index contributed by atoms with van der Waals surface area (Å²) in [7, 11) is 1.49. The third kappa shape index (κ3) is 3.31. The van der Waals surface area contributed by atoms with Crippen molar-refractivity contribution in [1.29, 1.82) is 0 Å². The quantitative estimate of drug-likeness (QED) is 0.477. The number of benzene rings is 2. The number of hydrogen-bond acceptors (Lipinski definition) is 4. The van der Waals surface area contributed by atoms with Crippen LogP contribution in [0.3, 0.4) is 0 Å². The number of halogens is 2. The molecule has 0 atom stereocenters. The normalized spacial score (nSPS) is 11.2. The monoisotopic (exact) mass is 411 g/mol. The Morgan fingerprint density at radius 1 is 1.10 bits per heavy atom. The van der Waals surface area contributed by atoms with E-state index in [4.69, 9.17) is 17.0 Å². The number of nitrogens with zero attached hydrogens (tertiary/aromatic N) is 2. The van der Waals surface area contributed by atoms with Gasteiger partial charge in [0.15, 0.2) is 10.4 Å². The van der Waals surface area contributed by atoms with Gasteiger partial charge in [-0.2, -0.15) is 0 Å². The average Bonchev–Trinajstić information content (AvgIpc) is 2.73. The molecule has 0 fully saturated rings. The zero-order valence-corrected chi connectivity index (χ0v) is 16.0. The van der Waals surface area contributed by atoms with Crippen molar-refractivity contribution < 1.29 is 13.5 Å². The van der Waals surface area contributed by atoms with Gasteiger partial charge in [0.2, 0.25) is 0 Å². The maximum Gasteiger partial charge on any atom is 0.264 e. The molecule has 29 heavy (non-hydrogen) atoms. The summed E-state index contributed by atoms with van der Waals surface area (Å²) in [5.41, 5.74) is 0.373. The number of para-hydroxylation sites is 2. The molecule has 2 aromatic heterocycles. The van der Waals surface area contributed by atoms with Gasteiger partial charge in [0.25, 0.3) is 12.0 Å². The van der Waals surface area contributed by atoms with Crippen LogP contribution in [0.2, 0.25) is 0 Å².